The van der Waals surface area contributed by atoms with Gasteiger partial charge in [0.15, 0.2) is 0 Å². The zero-order chi connectivity index (χ0) is 26.1. The molecule has 0 aromatic heterocycles. The second-order valence-corrected chi connectivity index (χ2v) is 7.27. The van der Waals surface area contributed by atoms with Crippen molar-refractivity contribution in [2.45, 2.75) is 33.4 Å². The van der Waals surface area contributed by atoms with Crippen molar-refractivity contribution in [1.82, 2.24) is 0 Å². The van der Waals surface area contributed by atoms with Crippen LogP contribution in [0.3, 0.4) is 0 Å². The number of rotatable bonds is 5. The number of alkyl halides is 3. The molecule has 184 valence electrons. The number of carboxylic acids is 1. The highest BCUT2D eigenvalue weighted by Gasteiger charge is 2.46. The molecule has 7 nitrogen and oxygen atoms in total. The predicted octanol–water partition coefficient (Wildman–Crippen LogP) is 5.42. The van der Waals surface area contributed by atoms with Crippen molar-refractivity contribution in [3.63, 3.8) is 0 Å². The van der Waals surface area contributed by atoms with E-state index in [0.29, 0.717) is 16.4 Å². The Bertz CT molecular complexity index is 1330. The van der Waals surface area contributed by atoms with Crippen molar-refractivity contribution in [1.29, 1.82) is 0 Å². The Morgan fingerprint density at radius 2 is 1.60 bits per heavy atom. The van der Waals surface area contributed by atoms with Crippen LogP contribution in [-0.4, -0.2) is 34.6 Å². The average Bonchev–Trinajstić information content (AvgIpc) is 3.07. The minimum absolute atomic E-state index is 0.0159. The van der Waals surface area contributed by atoms with Gasteiger partial charge in [-0.05, 0) is 24.6 Å². The third kappa shape index (κ3) is 4.39. The monoisotopic (exact) mass is 489 g/mol. The Labute approximate surface area is 198 Å². The molecule has 35 heavy (non-hydrogen) atoms. The molecule has 0 unspecified atom stereocenters. The minimum Gasteiger partial charge on any atom is -0.506 e. The first-order valence-corrected chi connectivity index (χ1v) is 10.8. The van der Waals surface area contributed by atoms with Crippen molar-refractivity contribution >= 4 is 34.2 Å². The molecule has 0 aliphatic carbocycles. The van der Waals surface area contributed by atoms with Gasteiger partial charge in [-0.15, -0.1) is 0 Å². The SMILES string of the molecule is CC.CCOc1c2c(c(O)c3ccccc13)C(=O)N(c1ccc(CC(=O)O)cc1C(F)(F)F)C2=O. The first-order chi connectivity index (χ1) is 16.6. The fraction of sp³-hybridized carbons (Fsp3) is 0.240. The van der Waals surface area contributed by atoms with E-state index >= 15 is 0 Å². The van der Waals surface area contributed by atoms with Crippen molar-refractivity contribution in [3.05, 3.63) is 64.7 Å². The molecule has 3 aromatic rings. The van der Waals surface area contributed by atoms with Gasteiger partial charge in [0.2, 0.25) is 0 Å². The molecule has 3 aromatic carbocycles. The maximum absolute atomic E-state index is 13.8. The molecule has 2 N–H and O–H groups in total. The summed E-state index contributed by atoms with van der Waals surface area (Å²) >= 11 is 0. The van der Waals surface area contributed by atoms with Crippen LogP contribution in [0.5, 0.6) is 11.5 Å². The van der Waals surface area contributed by atoms with Crippen LogP contribution in [0.2, 0.25) is 0 Å². The summed E-state index contributed by atoms with van der Waals surface area (Å²) in [6, 6.07) is 8.83. The summed E-state index contributed by atoms with van der Waals surface area (Å²) < 4.78 is 47.1. The molecular weight excluding hydrogens is 467 g/mol. The van der Waals surface area contributed by atoms with Crippen LogP contribution in [-0.2, 0) is 17.4 Å². The highest BCUT2D eigenvalue weighted by molar-refractivity contribution is 6.38. The number of benzene rings is 3. The molecule has 0 bridgehead atoms. The first-order valence-electron chi connectivity index (χ1n) is 10.8. The molecule has 0 saturated heterocycles. The molecule has 0 radical (unpaired) electrons. The lowest BCUT2D eigenvalue weighted by Crippen LogP contribution is -2.31. The third-order valence-corrected chi connectivity index (χ3v) is 5.23. The molecule has 2 amide bonds. The molecule has 0 fully saturated rings. The second-order valence-electron chi connectivity index (χ2n) is 7.27. The number of carboxylic acid groups (broad SMARTS) is 1. The van der Waals surface area contributed by atoms with Crippen LogP contribution < -0.4 is 9.64 Å². The number of nitrogens with zero attached hydrogens (tertiary/aromatic N) is 1. The van der Waals surface area contributed by atoms with Crippen LogP contribution in [0.15, 0.2) is 42.5 Å². The Balaban J connectivity index is 0.00000167. The molecule has 0 spiro atoms. The van der Waals surface area contributed by atoms with E-state index in [1.54, 1.807) is 25.1 Å². The van der Waals surface area contributed by atoms with Gasteiger partial charge in [-0.3, -0.25) is 14.4 Å². The van der Waals surface area contributed by atoms with Crippen molar-refractivity contribution in [2.75, 3.05) is 11.5 Å². The van der Waals surface area contributed by atoms with E-state index in [1.807, 2.05) is 13.8 Å². The molecule has 0 atom stereocenters. The lowest BCUT2D eigenvalue weighted by Gasteiger charge is -2.20. The molecular formula is C25H22F3NO6. The Morgan fingerprint density at radius 1 is 1.00 bits per heavy atom. The Hall–Kier alpha value is -4.08. The average molecular weight is 489 g/mol. The first kappa shape index (κ1) is 25.5. The standard InChI is InChI=1S/C23H16F3NO6.C2H6/c1-2-33-20-13-6-4-3-5-12(13)19(30)17-18(20)22(32)27(21(17)31)15-8-7-11(10-16(28)29)9-14(15)23(24,25)26;1-2/h3-9,30H,2,10H2,1H3,(H,28,29);1-2H3. The van der Waals surface area contributed by atoms with Gasteiger partial charge >= 0.3 is 12.1 Å². The summed E-state index contributed by atoms with van der Waals surface area (Å²) in [6.07, 6.45) is -5.67. The number of carbonyl (C=O) groups is 3. The number of phenols is 1. The summed E-state index contributed by atoms with van der Waals surface area (Å²) in [4.78, 5) is 37.8. The van der Waals surface area contributed by atoms with Gasteiger partial charge in [-0.2, -0.15) is 13.2 Å². The Kier molecular flexibility index (Phi) is 7.04. The smallest absolute Gasteiger partial charge is 0.418 e. The van der Waals surface area contributed by atoms with Gasteiger partial charge in [0, 0.05) is 10.8 Å². The molecule has 4 rings (SSSR count). The van der Waals surface area contributed by atoms with Gasteiger partial charge < -0.3 is 14.9 Å². The van der Waals surface area contributed by atoms with E-state index in [9.17, 15) is 32.7 Å². The number of hydrogen-bond acceptors (Lipinski definition) is 5. The van der Waals surface area contributed by atoms with Crippen LogP contribution in [0.1, 0.15) is 52.6 Å². The Morgan fingerprint density at radius 3 is 2.17 bits per heavy atom. The lowest BCUT2D eigenvalue weighted by molar-refractivity contribution is -0.138. The van der Waals surface area contributed by atoms with Gasteiger partial charge in [0.05, 0.1) is 35.4 Å². The normalized spacial score (nSPS) is 12.9. The fourth-order valence-corrected chi connectivity index (χ4v) is 3.92. The van der Waals surface area contributed by atoms with E-state index in [-0.39, 0.29) is 28.9 Å². The number of anilines is 1. The number of phenolic OH excluding ortho intramolecular Hbond substituents is 1. The largest absolute Gasteiger partial charge is 0.506 e. The number of imide groups is 1. The molecule has 1 aliphatic heterocycles. The van der Waals surface area contributed by atoms with Gasteiger partial charge in [-0.25, -0.2) is 4.90 Å². The second kappa shape index (κ2) is 9.65. The molecule has 0 saturated carbocycles. The number of aliphatic carboxylic acids is 1. The zero-order valence-electron chi connectivity index (χ0n) is 19.1. The maximum atomic E-state index is 13.8. The number of hydrogen-bond donors (Lipinski definition) is 2. The van der Waals surface area contributed by atoms with Gasteiger partial charge in [-0.1, -0.05) is 44.2 Å². The van der Waals surface area contributed by atoms with Crippen molar-refractivity contribution in [3.8, 4) is 11.5 Å². The van der Waals surface area contributed by atoms with Crippen LogP contribution in [0.4, 0.5) is 18.9 Å². The highest BCUT2D eigenvalue weighted by Crippen LogP contribution is 2.47. The summed E-state index contributed by atoms with van der Waals surface area (Å²) in [5, 5.41) is 20.2. The quantitative estimate of drug-likeness (QED) is 0.464. The number of halogens is 3. The highest BCUT2D eigenvalue weighted by atomic mass is 19.4. The topological polar surface area (TPSA) is 104 Å². The van der Waals surface area contributed by atoms with E-state index in [2.05, 4.69) is 0 Å². The number of fused-ring (bicyclic) bond motifs is 2. The number of ether oxygens (including phenoxy) is 1. The minimum atomic E-state index is -4.99. The van der Waals surface area contributed by atoms with Crippen LogP contribution in [0, 0.1) is 0 Å². The van der Waals surface area contributed by atoms with Crippen LogP contribution in [0.25, 0.3) is 10.8 Å². The summed E-state index contributed by atoms with van der Waals surface area (Å²) in [5.74, 6) is -4.12. The maximum Gasteiger partial charge on any atom is 0.418 e. The third-order valence-electron chi connectivity index (χ3n) is 5.23. The predicted molar refractivity (Wildman–Crippen MR) is 122 cm³/mol. The summed E-state index contributed by atoms with van der Waals surface area (Å²) in [6.45, 7) is 5.73. The zero-order valence-corrected chi connectivity index (χ0v) is 19.1. The van der Waals surface area contributed by atoms with E-state index in [1.165, 1.54) is 6.07 Å². The van der Waals surface area contributed by atoms with Crippen molar-refractivity contribution in [2.24, 2.45) is 0 Å². The van der Waals surface area contributed by atoms with E-state index in [0.717, 1.165) is 12.1 Å². The molecule has 1 aliphatic rings. The fourth-order valence-electron chi connectivity index (χ4n) is 3.92. The number of aromatic hydroxyl groups is 1. The van der Waals surface area contributed by atoms with E-state index < -0.39 is 52.9 Å². The number of carbonyl (C=O) groups excluding carboxylic acids is 2. The van der Waals surface area contributed by atoms with E-state index in [4.69, 9.17) is 9.84 Å². The molecule has 1 heterocycles. The van der Waals surface area contributed by atoms with Crippen molar-refractivity contribution < 1.29 is 42.5 Å². The van der Waals surface area contributed by atoms with Gasteiger partial charge in [0.1, 0.15) is 11.5 Å². The molecule has 10 heteroatoms. The van der Waals surface area contributed by atoms with Crippen LogP contribution >= 0.6 is 0 Å². The number of amides is 2. The van der Waals surface area contributed by atoms with Gasteiger partial charge in [0.25, 0.3) is 11.8 Å². The summed E-state index contributed by atoms with van der Waals surface area (Å²) in [7, 11) is 0. The summed E-state index contributed by atoms with van der Waals surface area (Å²) in [5.41, 5.74) is -3.06. The lowest BCUT2D eigenvalue weighted by atomic mass is 9.99.